The fraction of sp³-hybridized carbons (Fsp3) is 0.533. The predicted molar refractivity (Wildman–Crippen MR) is 84.1 cm³/mol. The summed E-state index contributed by atoms with van der Waals surface area (Å²) in [5.74, 6) is -0.102. The zero-order valence-corrected chi connectivity index (χ0v) is 13.5. The highest BCUT2D eigenvalue weighted by molar-refractivity contribution is 7.89. The van der Waals surface area contributed by atoms with Crippen LogP contribution in [-0.2, 0) is 14.8 Å². The van der Waals surface area contributed by atoms with E-state index in [0.29, 0.717) is 36.5 Å². The molecule has 1 atom stereocenters. The van der Waals surface area contributed by atoms with Crippen molar-refractivity contribution in [2.24, 2.45) is 5.73 Å². The molecule has 2 aliphatic heterocycles. The van der Waals surface area contributed by atoms with E-state index in [0.717, 1.165) is 18.5 Å². The zero-order chi connectivity index (χ0) is 15.9. The Labute approximate surface area is 130 Å². The maximum Gasteiger partial charge on any atom is 0.243 e. The fourth-order valence-corrected chi connectivity index (χ4v) is 4.84. The summed E-state index contributed by atoms with van der Waals surface area (Å²) in [6.07, 6.45) is 2.46. The highest BCUT2D eigenvalue weighted by Crippen LogP contribution is 2.28. The van der Waals surface area contributed by atoms with Gasteiger partial charge >= 0.3 is 0 Å². The van der Waals surface area contributed by atoms with Crippen molar-refractivity contribution in [3.63, 3.8) is 0 Å². The van der Waals surface area contributed by atoms with E-state index in [1.165, 1.54) is 4.31 Å². The van der Waals surface area contributed by atoms with Crippen LogP contribution >= 0.6 is 0 Å². The van der Waals surface area contributed by atoms with Crippen molar-refractivity contribution in [1.29, 1.82) is 0 Å². The Kier molecular flexibility index (Phi) is 3.96. The van der Waals surface area contributed by atoms with E-state index in [4.69, 9.17) is 5.73 Å². The molecule has 0 radical (unpaired) electrons. The SMILES string of the molecule is Cc1cc(N2CCC(N)C2=O)ccc1S(=O)(=O)N1CCCC1. The lowest BCUT2D eigenvalue weighted by molar-refractivity contribution is -0.118. The van der Waals surface area contributed by atoms with Crippen LogP contribution in [0.3, 0.4) is 0 Å². The summed E-state index contributed by atoms with van der Waals surface area (Å²) in [7, 11) is -3.43. The normalized spacial score (nSPS) is 23.5. The van der Waals surface area contributed by atoms with E-state index in [1.807, 2.05) is 0 Å². The first-order valence-corrected chi connectivity index (χ1v) is 9.03. The summed E-state index contributed by atoms with van der Waals surface area (Å²) < 4.78 is 26.8. The molecule has 120 valence electrons. The molecule has 2 saturated heterocycles. The third-order valence-corrected chi connectivity index (χ3v) is 6.46. The number of sulfonamides is 1. The maximum absolute atomic E-state index is 12.6. The summed E-state index contributed by atoms with van der Waals surface area (Å²) in [5, 5.41) is 0. The molecule has 1 aromatic rings. The molecule has 0 aliphatic carbocycles. The lowest BCUT2D eigenvalue weighted by Gasteiger charge is -2.20. The maximum atomic E-state index is 12.6. The number of aryl methyl sites for hydroxylation is 1. The van der Waals surface area contributed by atoms with Crippen LogP contribution in [0.5, 0.6) is 0 Å². The molecule has 2 fully saturated rings. The summed E-state index contributed by atoms with van der Waals surface area (Å²) in [6.45, 7) is 3.52. The number of nitrogens with two attached hydrogens (primary N) is 1. The molecule has 3 rings (SSSR count). The van der Waals surface area contributed by atoms with Gasteiger partial charge in [0, 0.05) is 25.3 Å². The van der Waals surface area contributed by atoms with Crippen molar-refractivity contribution >= 4 is 21.6 Å². The van der Waals surface area contributed by atoms with Crippen molar-refractivity contribution in [3.8, 4) is 0 Å². The molecule has 0 saturated carbocycles. The zero-order valence-electron chi connectivity index (χ0n) is 12.7. The van der Waals surface area contributed by atoms with Crippen LogP contribution in [-0.4, -0.2) is 44.3 Å². The first-order chi connectivity index (χ1) is 10.4. The number of benzene rings is 1. The van der Waals surface area contributed by atoms with Crippen LogP contribution < -0.4 is 10.6 Å². The van der Waals surface area contributed by atoms with Gasteiger partial charge in [-0.25, -0.2) is 8.42 Å². The third kappa shape index (κ3) is 2.53. The van der Waals surface area contributed by atoms with Crippen molar-refractivity contribution in [1.82, 2.24) is 4.31 Å². The van der Waals surface area contributed by atoms with Crippen molar-refractivity contribution < 1.29 is 13.2 Å². The highest BCUT2D eigenvalue weighted by atomic mass is 32.2. The molecule has 2 heterocycles. The average molecular weight is 323 g/mol. The molecule has 2 N–H and O–H groups in total. The van der Waals surface area contributed by atoms with Gasteiger partial charge in [0.05, 0.1) is 10.9 Å². The van der Waals surface area contributed by atoms with E-state index >= 15 is 0 Å². The Morgan fingerprint density at radius 1 is 1.18 bits per heavy atom. The van der Waals surface area contributed by atoms with Crippen LogP contribution in [0.25, 0.3) is 0 Å². The van der Waals surface area contributed by atoms with E-state index < -0.39 is 16.1 Å². The Morgan fingerprint density at radius 3 is 2.41 bits per heavy atom. The number of nitrogens with zero attached hydrogens (tertiary/aromatic N) is 2. The van der Waals surface area contributed by atoms with E-state index in [-0.39, 0.29) is 5.91 Å². The van der Waals surface area contributed by atoms with Gasteiger partial charge in [0.1, 0.15) is 0 Å². The molecule has 1 aromatic carbocycles. The minimum Gasteiger partial charge on any atom is -0.320 e. The quantitative estimate of drug-likeness (QED) is 0.893. The Bertz CT molecular complexity index is 696. The topological polar surface area (TPSA) is 83.7 Å². The number of rotatable bonds is 3. The second-order valence-corrected chi connectivity index (χ2v) is 7.85. The second-order valence-electron chi connectivity index (χ2n) is 5.95. The van der Waals surface area contributed by atoms with E-state index in [1.54, 1.807) is 30.0 Å². The number of anilines is 1. The lowest BCUT2D eigenvalue weighted by Crippen LogP contribution is -2.34. The van der Waals surface area contributed by atoms with Gasteiger partial charge in [-0.05, 0) is 49.9 Å². The fourth-order valence-electron chi connectivity index (χ4n) is 3.12. The molecule has 0 bridgehead atoms. The number of amides is 1. The van der Waals surface area contributed by atoms with Crippen molar-refractivity contribution in [2.45, 2.75) is 37.1 Å². The highest BCUT2D eigenvalue weighted by Gasteiger charge is 2.31. The molecule has 6 nitrogen and oxygen atoms in total. The number of carbonyl (C=O) groups excluding carboxylic acids is 1. The summed E-state index contributed by atoms with van der Waals surface area (Å²) in [6, 6.07) is 4.62. The van der Waals surface area contributed by atoms with Crippen LogP contribution in [0.2, 0.25) is 0 Å². The van der Waals surface area contributed by atoms with Gasteiger partial charge in [-0.15, -0.1) is 0 Å². The Balaban J connectivity index is 1.91. The van der Waals surface area contributed by atoms with Gasteiger partial charge in [0.25, 0.3) is 0 Å². The van der Waals surface area contributed by atoms with Crippen molar-refractivity contribution in [3.05, 3.63) is 23.8 Å². The average Bonchev–Trinajstić information content (AvgIpc) is 3.11. The largest absolute Gasteiger partial charge is 0.320 e. The van der Waals surface area contributed by atoms with Crippen molar-refractivity contribution in [2.75, 3.05) is 24.5 Å². The van der Waals surface area contributed by atoms with Crippen LogP contribution in [0.15, 0.2) is 23.1 Å². The van der Waals surface area contributed by atoms with Gasteiger partial charge in [-0.1, -0.05) is 0 Å². The van der Waals surface area contributed by atoms with Crippen LogP contribution in [0, 0.1) is 6.92 Å². The first-order valence-electron chi connectivity index (χ1n) is 7.59. The van der Waals surface area contributed by atoms with Crippen LogP contribution in [0.1, 0.15) is 24.8 Å². The van der Waals surface area contributed by atoms with Gasteiger partial charge in [-0.3, -0.25) is 4.79 Å². The Hall–Kier alpha value is -1.44. The third-order valence-electron chi connectivity index (χ3n) is 4.40. The standard InChI is InChI=1S/C15H21N3O3S/c1-11-10-12(18-9-6-13(16)15(18)19)4-5-14(11)22(20,21)17-7-2-3-8-17/h4-5,10,13H,2-3,6-9,16H2,1H3. The first kappa shape index (κ1) is 15.5. The molecular weight excluding hydrogens is 302 g/mol. The van der Waals surface area contributed by atoms with Gasteiger partial charge in [0.15, 0.2) is 0 Å². The molecule has 1 unspecified atom stereocenters. The minimum absolute atomic E-state index is 0.102. The minimum atomic E-state index is -3.43. The molecule has 0 aromatic heterocycles. The van der Waals surface area contributed by atoms with Gasteiger partial charge in [0.2, 0.25) is 15.9 Å². The Morgan fingerprint density at radius 2 is 1.86 bits per heavy atom. The van der Waals surface area contributed by atoms with Gasteiger partial charge in [-0.2, -0.15) is 4.31 Å². The molecular formula is C15H21N3O3S. The molecule has 0 spiro atoms. The monoisotopic (exact) mass is 323 g/mol. The number of hydrogen-bond donors (Lipinski definition) is 1. The summed E-state index contributed by atoms with van der Waals surface area (Å²) >= 11 is 0. The molecule has 1 amide bonds. The van der Waals surface area contributed by atoms with Crippen LogP contribution in [0.4, 0.5) is 5.69 Å². The van der Waals surface area contributed by atoms with E-state index in [2.05, 4.69) is 0 Å². The predicted octanol–water partition coefficient (Wildman–Crippen LogP) is 0.844. The van der Waals surface area contributed by atoms with E-state index in [9.17, 15) is 13.2 Å². The number of hydrogen-bond acceptors (Lipinski definition) is 4. The lowest BCUT2D eigenvalue weighted by atomic mass is 10.2. The van der Waals surface area contributed by atoms with Gasteiger partial charge < -0.3 is 10.6 Å². The molecule has 7 heteroatoms. The molecule has 22 heavy (non-hydrogen) atoms. The number of carbonyl (C=O) groups is 1. The second kappa shape index (κ2) is 5.64. The summed E-state index contributed by atoms with van der Waals surface area (Å²) in [4.78, 5) is 13.9. The summed E-state index contributed by atoms with van der Waals surface area (Å²) in [5.41, 5.74) is 7.12. The smallest absolute Gasteiger partial charge is 0.243 e. The molecule has 2 aliphatic rings.